The Labute approximate surface area is 216 Å². The number of carbonyl (C=O) groups is 1. The maximum atomic E-state index is 12.5. The molecule has 0 aliphatic carbocycles. The van der Waals surface area contributed by atoms with Crippen LogP contribution in [0.25, 0.3) is 11.3 Å². The highest BCUT2D eigenvalue weighted by atomic mass is 32.1. The van der Waals surface area contributed by atoms with Crippen LogP contribution in [0.15, 0.2) is 84.5 Å². The largest absolute Gasteiger partial charge is 0.371 e. The number of rotatable bonds is 9. The molecule has 7 heteroatoms. The zero-order valence-corrected chi connectivity index (χ0v) is 21.1. The summed E-state index contributed by atoms with van der Waals surface area (Å²) in [4.78, 5) is 23.8. The topological polar surface area (TPSA) is 70.2 Å². The minimum atomic E-state index is -0.0653. The quantitative estimate of drug-likeness (QED) is 0.343. The Hall–Kier alpha value is -3.55. The summed E-state index contributed by atoms with van der Waals surface area (Å²) < 4.78 is 0. The number of pyridine rings is 1. The summed E-state index contributed by atoms with van der Waals surface area (Å²) >= 11 is 1.74. The molecule has 1 aliphatic heterocycles. The molecule has 0 bridgehead atoms. The van der Waals surface area contributed by atoms with E-state index in [9.17, 15) is 4.79 Å². The van der Waals surface area contributed by atoms with E-state index in [0.29, 0.717) is 18.2 Å². The normalized spacial score (nSPS) is 14.1. The van der Waals surface area contributed by atoms with Crippen LogP contribution in [0.2, 0.25) is 0 Å². The Kier molecular flexibility index (Phi) is 8.00. The molecule has 1 amide bonds. The molecule has 0 atom stereocenters. The first kappa shape index (κ1) is 24.2. The van der Waals surface area contributed by atoms with Crippen molar-refractivity contribution in [1.82, 2.24) is 20.6 Å². The zero-order valence-electron chi connectivity index (χ0n) is 20.3. The highest BCUT2D eigenvalue weighted by molar-refractivity contribution is 7.09. The second kappa shape index (κ2) is 11.9. The Morgan fingerprint density at radius 1 is 1.00 bits per heavy atom. The fraction of sp³-hybridized carbons (Fsp3) is 0.276. The molecule has 3 heterocycles. The van der Waals surface area contributed by atoms with Crippen LogP contribution in [-0.4, -0.2) is 41.6 Å². The predicted octanol–water partition coefficient (Wildman–Crippen LogP) is 4.94. The van der Waals surface area contributed by atoms with Crippen LogP contribution in [-0.2, 0) is 13.0 Å². The Morgan fingerprint density at radius 3 is 2.56 bits per heavy atom. The molecule has 5 rings (SSSR count). The van der Waals surface area contributed by atoms with E-state index in [1.54, 1.807) is 23.7 Å². The van der Waals surface area contributed by atoms with Gasteiger partial charge in [0.2, 0.25) is 0 Å². The first-order chi connectivity index (χ1) is 17.7. The van der Waals surface area contributed by atoms with E-state index >= 15 is 0 Å². The number of thiazole rings is 1. The third kappa shape index (κ3) is 6.36. The number of hydrogen-bond acceptors (Lipinski definition) is 6. The van der Waals surface area contributed by atoms with Gasteiger partial charge in [-0.1, -0.05) is 36.4 Å². The van der Waals surface area contributed by atoms with Crippen molar-refractivity contribution in [2.75, 3.05) is 24.5 Å². The molecular formula is C29H31N5OS. The monoisotopic (exact) mass is 497 g/mol. The van der Waals surface area contributed by atoms with Gasteiger partial charge in [-0.05, 0) is 48.7 Å². The van der Waals surface area contributed by atoms with Gasteiger partial charge in [0.25, 0.3) is 5.91 Å². The van der Waals surface area contributed by atoms with Crippen molar-refractivity contribution < 1.29 is 4.79 Å². The van der Waals surface area contributed by atoms with E-state index in [2.05, 4.69) is 62.3 Å². The smallest absolute Gasteiger partial charge is 0.251 e. The van der Waals surface area contributed by atoms with Crippen molar-refractivity contribution in [3.05, 3.63) is 101 Å². The van der Waals surface area contributed by atoms with Crippen LogP contribution in [0, 0.1) is 0 Å². The maximum absolute atomic E-state index is 12.5. The highest BCUT2D eigenvalue weighted by Gasteiger charge is 2.19. The summed E-state index contributed by atoms with van der Waals surface area (Å²) in [6.07, 6.45) is 6.68. The molecule has 2 aromatic heterocycles. The molecule has 6 nitrogen and oxygen atoms in total. The van der Waals surface area contributed by atoms with E-state index < -0.39 is 0 Å². The van der Waals surface area contributed by atoms with Crippen LogP contribution in [0.5, 0.6) is 0 Å². The Balaban J connectivity index is 1.04. The second-order valence-corrected chi connectivity index (χ2v) is 9.99. The average Bonchev–Trinajstić information content (AvgIpc) is 3.42. The second-order valence-electron chi connectivity index (χ2n) is 9.05. The molecule has 0 spiro atoms. The van der Waals surface area contributed by atoms with Gasteiger partial charge in [0.15, 0.2) is 0 Å². The van der Waals surface area contributed by atoms with Crippen molar-refractivity contribution in [1.29, 1.82) is 0 Å². The van der Waals surface area contributed by atoms with Crippen molar-refractivity contribution in [3.63, 3.8) is 0 Å². The number of aromatic nitrogens is 2. The summed E-state index contributed by atoms with van der Waals surface area (Å²) in [5, 5.41) is 10.0. The molecule has 0 unspecified atom stereocenters. The Morgan fingerprint density at radius 2 is 1.81 bits per heavy atom. The summed E-state index contributed by atoms with van der Waals surface area (Å²) in [5.41, 5.74) is 5.09. The molecule has 2 N–H and O–H groups in total. The molecule has 1 saturated heterocycles. The van der Waals surface area contributed by atoms with Crippen molar-refractivity contribution in [2.24, 2.45) is 0 Å². The van der Waals surface area contributed by atoms with E-state index in [-0.39, 0.29) is 5.91 Å². The highest BCUT2D eigenvalue weighted by Crippen LogP contribution is 2.23. The average molecular weight is 498 g/mol. The fourth-order valence-electron chi connectivity index (χ4n) is 4.50. The van der Waals surface area contributed by atoms with Crippen molar-refractivity contribution in [3.8, 4) is 11.3 Å². The van der Waals surface area contributed by atoms with Crippen LogP contribution < -0.4 is 15.5 Å². The lowest BCUT2D eigenvalue weighted by molar-refractivity contribution is 0.0951. The van der Waals surface area contributed by atoms with Crippen molar-refractivity contribution >= 4 is 22.9 Å². The van der Waals surface area contributed by atoms with Gasteiger partial charge in [-0.15, -0.1) is 11.3 Å². The van der Waals surface area contributed by atoms with Crippen LogP contribution in [0.1, 0.15) is 33.8 Å². The summed E-state index contributed by atoms with van der Waals surface area (Å²) in [6.45, 7) is 3.46. The van der Waals surface area contributed by atoms with Crippen molar-refractivity contribution in [2.45, 2.75) is 31.8 Å². The number of hydrogen-bond donors (Lipinski definition) is 2. The van der Waals surface area contributed by atoms with Gasteiger partial charge in [-0.3, -0.25) is 9.78 Å². The standard InChI is InChI=1S/C29H31N5OS/c35-29(32-20-22-5-4-15-30-19-22)24-8-10-26(11-9-24)34-17-13-25(14-18-34)31-16-12-28-33-27(21-36-28)23-6-2-1-3-7-23/h1-11,15,19,21,25,31H,12-14,16-18,20H2,(H,32,35). The maximum Gasteiger partial charge on any atom is 0.251 e. The number of anilines is 1. The molecule has 36 heavy (non-hydrogen) atoms. The van der Waals surface area contributed by atoms with Gasteiger partial charge in [0, 0.05) is 73.2 Å². The minimum Gasteiger partial charge on any atom is -0.371 e. The first-order valence-corrected chi connectivity index (χ1v) is 13.4. The lowest BCUT2D eigenvalue weighted by atomic mass is 10.0. The number of nitrogens with zero attached hydrogens (tertiary/aromatic N) is 3. The number of amides is 1. The molecule has 2 aromatic carbocycles. The predicted molar refractivity (Wildman–Crippen MR) is 146 cm³/mol. The number of nitrogens with one attached hydrogen (secondary N) is 2. The molecular weight excluding hydrogens is 466 g/mol. The zero-order chi connectivity index (χ0) is 24.6. The lowest BCUT2D eigenvalue weighted by Gasteiger charge is -2.34. The van der Waals surface area contributed by atoms with Gasteiger partial charge >= 0.3 is 0 Å². The first-order valence-electron chi connectivity index (χ1n) is 12.5. The van der Waals surface area contributed by atoms with E-state index in [1.165, 1.54) is 16.3 Å². The molecule has 0 saturated carbocycles. The van der Waals surface area contributed by atoms with Gasteiger partial charge in [0.05, 0.1) is 10.7 Å². The number of benzene rings is 2. The molecule has 0 radical (unpaired) electrons. The summed E-state index contributed by atoms with van der Waals surface area (Å²) in [6, 6.07) is 22.7. The van der Waals surface area contributed by atoms with Crippen LogP contribution >= 0.6 is 11.3 Å². The van der Waals surface area contributed by atoms with Gasteiger partial charge in [-0.2, -0.15) is 0 Å². The lowest BCUT2D eigenvalue weighted by Crippen LogP contribution is -2.43. The van der Waals surface area contributed by atoms with E-state index in [4.69, 9.17) is 4.98 Å². The summed E-state index contributed by atoms with van der Waals surface area (Å²) in [7, 11) is 0. The SMILES string of the molecule is O=C(NCc1cccnc1)c1ccc(N2CCC(NCCc3nc(-c4ccccc4)cs3)CC2)cc1. The summed E-state index contributed by atoms with van der Waals surface area (Å²) in [5.74, 6) is -0.0653. The van der Waals surface area contributed by atoms with Gasteiger partial charge < -0.3 is 15.5 Å². The third-order valence-electron chi connectivity index (χ3n) is 6.56. The number of carbonyl (C=O) groups excluding carboxylic acids is 1. The van der Waals surface area contributed by atoms with Crippen LogP contribution in [0.3, 0.4) is 0 Å². The van der Waals surface area contributed by atoms with Crippen LogP contribution in [0.4, 0.5) is 5.69 Å². The fourth-order valence-corrected chi connectivity index (χ4v) is 5.31. The minimum absolute atomic E-state index is 0.0653. The molecule has 184 valence electrons. The number of piperidine rings is 1. The third-order valence-corrected chi connectivity index (χ3v) is 7.47. The molecule has 1 fully saturated rings. The van der Waals surface area contributed by atoms with E-state index in [1.807, 2.05) is 30.3 Å². The Bertz CT molecular complexity index is 1240. The molecule has 1 aliphatic rings. The molecule has 4 aromatic rings. The van der Waals surface area contributed by atoms with Gasteiger partial charge in [0.1, 0.15) is 0 Å². The van der Waals surface area contributed by atoms with Gasteiger partial charge in [-0.25, -0.2) is 4.98 Å². The van der Waals surface area contributed by atoms with E-state index in [0.717, 1.165) is 50.2 Å².